The highest BCUT2D eigenvalue weighted by Gasteiger charge is 2.10. The predicted octanol–water partition coefficient (Wildman–Crippen LogP) is 4.18. The Bertz CT molecular complexity index is 611. The molecule has 2 N–H and O–H groups in total. The minimum absolute atomic E-state index is 0.131. The molecule has 0 saturated carbocycles. The Morgan fingerprint density at radius 2 is 1.95 bits per heavy atom. The van der Waals surface area contributed by atoms with E-state index in [1.807, 2.05) is 31.2 Å². The van der Waals surface area contributed by atoms with Crippen molar-refractivity contribution in [2.45, 2.75) is 6.92 Å². The smallest absolute Gasteiger partial charge is 0.337 e. The van der Waals surface area contributed by atoms with Crippen LogP contribution in [0.15, 0.2) is 42.5 Å². The lowest BCUT2D eigenvalue weighted by molar-refractivity contribution is 0.0698. The maximum atomic E-state index is 11.2. The van der Waals surface area contributed by atoms with Crippen LogP contribution in [0.1, 0.15) is 17.3 Å². The molecule has 0 bridgehead atoms. The number of anilines is 2. The molecular weight excluding hydrogens is 278 g/mol. The van der Waals surface area contributed by atoms with Crippen molar-refractivity contribution in [1.29, 1.82) is 0 Å². The molecule has 0 atom stereocenters. The molecule has 4 nitrogen and oxygen atoms in total. The normalized spacial score (nSPS) is 10.1. The van der Waals surface area contributed by atoms with Crippen LogP contribution in [0.3, 0.4) is 0 Å². The van der Waals surface area contributed by atoms with E-state index in [-0.39, 0.29) is 5.56 Å². The van der Waals surface area contributed by atoms with Gasteiger partial charge in [-0.15, -0.1) is 0 Å². The highest BCUT2D eigenvalue weighted by molar-refractivity contribution is 6.31. The van der Waals surface area contributed by atoms with Gasteiger partial charge in [0.15, 0.2) is 0 Å². The first-order valence-electron chi connectivity index (χ1n) is 6.13. The van der Waals surface area contributed by atoms with Crippen molar-refractivity contribution in [3.63, 3.8) is 0 Å². The van der Waals surface area contributed by atoms with E-state index >= 15 is 0 Å². The molecule has 2 aromatic rings. The van der Waals surface area contributed by atoms with Crippen molar-refractivity contribution in [2.24, 2.45) is 0 Å². The van der Waals surface area contributed by atoms with E-state index < -0.39 is 5.97 Å². The van der Waals surface area contributed by atoms with Gasteiger partial charge in [0.1, 0.15) is 5.75 Å². The topological polar surface area (TPSA) is 58.6 Å². The molecule has 0 heterocycles. The zero-order valence-electron chi connectivity index (χ0n) is 10.9. The molecule has 0 aliphatic heterocycles. The number of carbonyl (C=O) groups is 1. The number of nitrogens with one attached hydrogen (secondary N) is 1. The number of carboxylic acid groups (broad SMARTS) is 1. The molecule has 0 aliphatic carbocycles. The standard InChI is InChI=1S/C15H14ClNO3/c1-2-20-12-6-4-11(5-7-12)17-14-8-3-10(16)9-13(14)15(18)19/h3-9,17H,2H2,1H3,(H,18,19). The number of hydrogen-bond acceptors (Lipinski definition) is 3. The molecule has 0 aromatic heterocycles. The van der Waals surface area contributed by atoms with Gasteiger partial charge in [0.2, 0.25) is 0 Å². The van der Waals surface area contributed by atoms with Gasteiger partial charge < -0.3 is 15.2 Å². The van der Waals surface area contributed by atoms with E-state index in [0.717, 1.165) is 11.4 Å². The number of halogens is 1. The summed E-state index contributed by atoms with van der Waals surface area (Å²) in [6, 6.07) is 12.0. The van der Waals surface area contributed by atoms with Crippen LogP contribution in [0, 0.1) is 0 Å². The molecule has 0 unspecified atom stereocenters. The molecule has 0 amide bonds. The van der Waals surface area contributed by atoms with Crippen LogP contribution in [0.4, 0.5) is 11.4 Å². The molecular formula is C15H14ClNO3. The molecule has 0 spiro atoms. The van der Waals surface area contributed by atoms with Crippen molar-refractivity contribution < 1.29 is 14.6 Å². The summed E-state index contributed by atoms with van der Waals surface area (Å²) in [5.41, 5.74) is 1.40. The van der Waals surface area contributed by atoms with Crippen LogP contribution in [0.5, 0.6) is 5.75 Å². The van der Waals surface area contributed by atoms with Crippen LogP contribution in [0.25, 0.3) is 0 Å². The zero-order chi connectivity index (χ0) is 14.5. The average molecular weight is 292 g/mol. The van der Waals surface area contributed by atoms with Crippen LogP contribution in [-0.4, -0.2) is 17.7 Å². The van der Waals surface area contributed by atoms with Gasteiger partial charge in [-0.1, -0.05) is 11.6 Å². The quantitative estimate of drug-likeness (QED) is 0.867. The molecule has 5 heteroatoms. The van der Waals surface area contributed by atoms with E-state index in [2.05, 4.69) is 5.32 Å². The van der Waals surface area contributed by atoms with Gasteiger partial charge in [0.05, 0.1) is 17.9 Å². The number of rotatable bonds is 5. The lowest BCUT2D eigenvalue weighted by atomic mass is 10.1. The Kier molecular flexibility index (Phi) is 4.48. The highest BCUT2D eigenvalue weighted by Crippen LogP contribution is 2.25. The van der Waals surface area contributed by atoms with Crippen molar-refractivity contribution in [2.75, 3.05) is 11.9 Å². The molecule has 2 rings (SSSR count). The second kappa shape index (κ2) is 6.30. The fourth-order valence-electron chi connectivity index (χ4n) is 1.76. The minimum Gasteiger partial charge on any atom is -0.494 e. The monoisotopic (exact) mass is 291 g/mol. The van der Waals surface area contributed by atoms with E-state index in [1.54, 1.807) is 12.1 Å². The predicted molar refractivity (Wildman–Crippen MR) is 79.3 cm³/mol. The van der Waals surface area contributed by atoms with Gasteiger partial charge in [-0.05, 0) is 49.4 Å². The second-order valence-corrected chi connectivity index (χ2v) is 4.51. The zero-order valence-corrected chi connectivity index (χ0v) is 11.6. The summed E-state index contributed by atoms with van der Waals surface area (Å²) in [6.45, 7) is 2.52. The Morgan fingerprint density at radius 3 is 2.55 bits per heavy atom. The average Bonchev–Trinajstić information content (AvgIpc) is 2.43. The Labute approximate surface area is 122 Å². The molecule has 0 fully saturated rings. The number of ether oxygens (including phenoxy) is 1. The molecule has 0 aliphatic rings. The van der Waals surface area contributed by atoms with Crippen molar-refractivity contribution in [3.8, 4) is 5.75 Å². The van der Waals surface area contributed by atoms with Crippen molar-refractivity contribution in [3.05, 3.63) is 53.1 Å². The molecule has 0 radical (unpaired) electrons. The third-order valence-electron chi connectivity index (χ3n) is 2.66. The lowest BCUT2D eigenvalue weighted by Gasteiger charge is -2.11. The van der Waals surface area contributed by atoms with Crippen LogP contribution >= 0.6 is 11.6 Å². The first-order chi connectivity index (χ1) is 9.60. The Morgan fingerprint density at radius 1 is 1.25 bits per heavy atom. The summed E-state index contributed by atoms with van der Waals surface area (Å²) in [6.07, 6.45) is 0. The maximum absolute atomic E-state index is 11.2. The fourth-order valence-corrected chi connectivity index (χ4v) is 1.93. The Balaban J connectivity index is 2.23. The van der Waals surface area contributed by atoms with Crippen molar-refractivity contribution in [1.82, 2.24) is 0 Å². The summed E-state index contributed by atoms with van der Waals surface area (Å²) in [5.74, 6) is -0.256. The summed E-state index contributed by atoms with van der Waals surface area (Å²) in [5, 5.41) is 12.6. The van der Waals surface area contributed by atoms with Gasteiger partial charge in [0, 0.05) is 10.7 Å². The van der Waals surface area contributed by atoms with Gasteiger partial charge in [-0.3, -0.25) is 0 Å². The number of hydrogen-bond donors (Lipinski definition) is 2. The van der Waals surface area contributed by atoms with E-state index in [4.69, 9.17) is 21.4 Å². The van der Waals surface area contributed by atoms with Crippen LogP contribution in [0.2, 0.25) is 5.02 Å². The van der Waals surface area contributed by atoms with Gasteiger partial charge >= 0.3 is 5.97 Å². The minimum atomic E-state index is -1.03. The van der Waals surface area contributed by atoms with Crippen LogP contribution < -0.4 is 10.1 Å². The van der Waals surface area contributed by atoms with Gasteiger partial charge in [0.25, 0.3) is 0 Å². The first-order valence-corrected chi connectivity index (χ1v) is 6.50. The second-order valence-electron chi connectivity index (χ2n) is 4.08. The molecule has 104 valence electrons. The maximum Gasteiger partial charge on any atom is 0.337 e. The summed E-state index contributed by atoms with van der Waals surface area (Å²) in [7, 11) is 0. The third-order valence-corrected chi connectivity index (χ3v) is 2.89. The summed E-state index contributed by atoms with van der Waals surface area (Å²) < 4.78 is 5.35. The van der Waals surface area contributed by atoms with E-state index in [9.17, 15) is 4.79 Å². The third kappa shape index (κ3) is 3.42. The Hall–Kier alpha value is -2.20. The summed E-state index contributed by atoms with van der Waals surface area (Å²) in [4.78, 5) is 11.2. The number of carboxylic acids is 1. The van der Waals surface area contributed by atoms with Crippen LogP contribution in [-0.2, 0) is 0 Å². The molecule has 0 saturated heterocycles. The SMILES string of the molecule is CCOc1ccc(Nc2ccc(Cl)cc2C(=O)O)cc1. The van der Waals surface area contributed by atoms with Gasteiger partial charge in [-0.25, -0.2) is 4.79 Å². The fraction of sp³-hybridized carbons (Fsp3) is 0.133. The van der Waals surface area contributed by atoms with E-state index in [0.29, 0.717) is 17.3 Å². The van der Waals surface area contributed by atoms with Gasteiger partial charge in [-0.2, -0.15) is 0 Å². The highest BCUT2D eigenvalue weighted by atomic mass is 35.5. The van der Waals surface area contributed by atoms with E-state index in [1.165, 1.54) is 6.07 Å². The lowest BCUT2D eigenvalue weighted by Crippen LogP contribution is -2.02. The van der Waals surface area contributed by atoms with Crippen molar-refractivity contribution >= 4 is 28.9 Å². The number of aromatic carboxylic acids is 1. The molecule has 20 heavy (non-hydrogen) atoms. The number of benzene rings is 2. The first kappa shape index (κ1) is 14.2. The largest absolute Gasteiger partial charge is 0.494 e. The summed E-state index contributed by atoms with van der Waals surface area (Å²) >= 11 is 5.81. The molecule has 2 aromatic carbocycles.